The highest BCUT2D eigenvalue weighted by Gasteiger charge is 2.21. The Kier molecular flexibility index (Phi) is 5.82. The molecule has 0 spiro atoms. The lowest BCUT2D eigenvalue weighted by molar-refractivity contribution is 0.0743. The van der Waals surface area contributed by atoms with Crippen molar-refractivity contribution in [1.29, 1.82) is 0 Å². The van der Waals surface area contributed by atoms with E-state index in [0.717, 1.165) is 12.2 Å². The maximum Gasteiger partial charge on any atom is 0.255 e. The lowest BCUT2D eigenvalue weighted by Crippen LogP contribution is -2.38. The van der Waals surface area contributed by atoms with Gasteiger partial charge in [0.2, 0.25) is 0 Å². The van der Waals surface area contributed by atoms with Gasteiger partial charge in [0.25, 0.3) is 5.91 Å². The fraction of sp³-hybridized carbons (Fsp3) is 0.462. The van der Waals surface area contributed by atoms with E-state index >= 15 is 0 Å². The third-order valence-electron chi connectivity index (χ3n) is 2.88. The second-order valence-electron chi connectivity index (χ2n) is 4.10. The summed E-state index contributed by atoms with van der Waals surface area (Å²) in [6.07, 6.45) is 2.90. The monoisotopic (exact) mass is 287 g/mol. The van der Waals surface area contributed by atoms with Gasteiger partial charge in [0.1, 0.15) is 5.75 Å². The van der Waals surface area contributed by atoms with E-state index < -0.39 is 0 Å². The van der Waals surface area contributed by atoms with Crippen molar-refractivity contribution in [3.05, 3.63) is 28.8 Å². The Morgan fingerprint density at radius 3 is 2.78 bits per heavy atom. The molecule has 0 aliphatic carbocycles. The van der Waals surface area contributed by atoms with Crippen molar-refractivity contribution in [2.75, 3.05) is 19.1 Å². The molecule has 5 heteroatoms. The number of aromatic hydroxyl groups is 1. The lowest BCUT2D eigenvalue weighted by Gasteiger charge is -2.27. The van der Waals surface area contributed by atoms with Crippen LogP contribution in [0.1, 0.15) is 23.7 Å². The summed E-state index contributed by atoms with van der Waals surface area (Å²) in [4.78, 5) is 14.0. The second kappa shape index (κ2) is 6.90. The molecule has 1 N–H and O–H groups in total. The van der Waals surface area contributed by atoms with Crippen LogP contribution in [0.5, 0.6) is 5.75 Å². The molecule has 0 bridgehead atoms. The summed E-state index contributed by atoms with van der Waals surface area (Å²) in [5.74, 6) is 0.778. The summed E-state index contributed by atoms with van der Waals surface area (Å²) < 4.78 is 0. The van der Waals surface area contributed by atoms with Crippen LogP contribution in [-0.2, 0) is 0 Å². The van der Waals surface area contributed by atoms with Gasteiger partial charge in [-0.25, -0.2) is 0 Å². The zero-order valence-electron chi connectivity index (χ0n) is 10.8. The summed E-state index contributed by atoms with van der Waals surface area (Å²) >= 11 is 7.70. The maximum atomic E-state index is 12.3. The first-order valence-corrected chi connectivity index (χ1v) is 7.53. The average Bonchev–Trinajstić information content (AvgIpc) is 2.37. The topological polar surface area (TPSA) is 40.5 Å². The van der Waals surface area contributed by atoms with E-state index in [1.54, 1.807) is 23.7 Å². The molecule has 1 aromatic carbocycles. The number of phenolic OH excluding ortho intramolecular Hbond substituents is 1. The predicted octanol–water partition coefficient (Wildman–Crippen LogP) is 3.26. The molecule has 0 aromatic heterocycles. The molecule has 100 valence electrons. The minimum absolute atomic E-state index is 0.0501. The largest absolute Gasteiger partial charge is 0.508 e. The summed E-state index contributed by atoms with van der Waals surface area (Å²) in [7, 11) is 1.77. The Labute approximate surface area is 117 Å². The minimum Gasteiger partial charge on any atom is -0.508 e. The molecule has 1 aromatic rings. The highest BCUT2D eigenvalue weighted by molar-refractivity contribution is 7.98. The molecule has 1 amide bonds. The van der Waals surface area contributed by atoms with Crippen LogP contribution in [0, 0.1) is 0 Å². The molecule has 0 fully saturated rings. The molecule has 0 aliphatic heterocycles. The Morgan fingerprint density at radius 1 is 1.56 bits per heavy atom. The van der Waals surface area contributed by atoms with Gasteiger partial charge in [0, 0.05) is 18.8 Å². The number of hydrogen-bond donors (Lipinski definition) is 1. The van der Waals surface area contributed by atoms with E-state index in [0.29, 0.717) is 10.6 Å². The summed E-state index contributed by atoms with van der Waals surface area (Å²) in [6.45, 7) is 2.05. The van der Waals surface area contributed by atoms with Crippen LogP contribution in [0.25, 0.3) is 0 Å². The molecular formula is C13H18ClNO2S. The van der Waals surface area contributed by atoms with E-state index in [-0.39, 0.29) is 17.7 Å². The van der Waals surface area contributed by atoms with Crippen LogP contribution < -0.4 is 0 Å². The number of hydrogen-bond acceptors (Lipinski definition) is 3. The molecule has 0 saturated carbocycles. The number of carbonyl (C=O) groups excluding carboxylic acids is 1. The lowest BCUT2D eigenvalue weighted by atomic mass is 10.1. The first-order valence-electron chi connectivity index (χ1n) is 5.75. The van der Waals surface area contributed by atoms with Gasteiger partial charge in [-0.3, -0.25) is 4.79 Å². The maximum absolute atomic E-state index is 12.3. The molecule has 1 atom stereocenters. The van der Waals surface area contributed by atoms with Gasteiger partial charge in [-0.1, -0.05) is 18.5 Å². The standard InChI is InChI=1S/C13H18ClNO2S/c1-4-9(8-18-3)15(2)13(17)11-7-10(16)5-6-12(11)14/h5-7,9,16H,4,8H2,1-3H3. The van der Waals surface area contributed by atoms with Crippen LogP contribution in [0.4, 0.5) is 0 Å². The van der Waals surface area contributed by atoms with Gasteiger partial charge >= 0.3 is 0 Å². The van der Waals surface area contributed by atoms with Crippen LogP contribution in [0.15, 0.2) is 18.2 Å². The van der Waals surface area contributed by atoms with E-state index in [2.05, 4.69) is 6.92 Å². The van der Waals surface area contributed by atoms with Gasteiger partial charge in [0.05, 0.1) is 10.6 Å². The predicted molar refractivity (Wildman–Crippen MR) is 77.7 cm³/mol. The van der Waals surface area contributed by atoms with Crippen LogP contribution >= 0.6 is 23.4 Å². The highest BCUT2D eigenvalue weighted by Crippen LogP contribution is 2.23. The molecular weight excluding hydrogens is 270 g/mol. The average molecular weight is 288 g/mol. The van der Waals surface area contributed by atoms with Crippen molar-refractivity contribution in [2.24, 2.45) is 0 Å². The second-order valence-corrected chi connectivity index (χ2v) is 5.42. The van der Waals surface area contributed by atoms with Crippen LogP contribution in [0.2, 0.25) is 5.02 Å². The number of phenols is 1. The fourth-order valence-electron chi connectivity index (χ4n) is 1.73. The van der Waals surface area contributed by atoms with Gasteiger partial charge < -0.3 is 10.0 Å². The van der Waals surface area contributed by atoms with Gasteiger partial charge in [-0.05, 0) is 30.9 Å². The molecule has 0 aliphatic rings. The Balaban J connectivity index is 2.95. The molecule has 0 saturated heterocycles. The van der Waals surface area contributed by atoms with Crippen molar-refractivity contribution in [3.63, 3.8) is 0 Å². The molecule has 1 unspecified atom stereocenters. The van der Waals surface area contributed by atoms with Crippen molar-refractivity contribution in [1.82, 2.24) is 4.90 Å². The number of amides is 1. The van der Waals surface area contributed by atoms with E-state index in [1.807, 2.05) is 6.26 Å². The van der Waals surface area contributed by atoms with Crippen LogP contribution in [-0.4, -0.2) is 41.0 Å². The Bertz CT molecular complexity index is 425. The molecule has 1 rings (SSSR count). The Morgan fingerprint density at radius 2 is 2.22 bits per heavy atom. The van der Waals surface area contributed by atoms with Crippen molar-refractivity contribution in [3.8, 4) is 5.75 Å². The smallest absolute Gasteiger partial charge is 0.255 e. The number of benzene rings is 1. The third kappa shape index (κ3) is 3.56. The van der Waals surface area contributed by atoms with E-state index in [1.165, 1.54) is 18.2 Å². The number of carbonyl (C=O) groups is 1. The number of nitrogens with zero attached hydrogens (tertiary/aromatic N) is 1. The van der Waals surface area contributed by atoms with Gasteiger partial charge in [-0.2, -0.15) is 11.8 Å². The van der Waals surface area contributed by atoms with E-state index in [9.17, 15) is 9.90 Å². The fourth-order valence-corrected chi connectivity index (χ4v) is 2.77. The molecule has 18 heavy (non-hydrogen) atoms. The number of thioether (sulfide) groups is 1. The zero-order chi connectivity index (χ0) is 13.7. The highest BCUT2D eigenvalue weighted by atomic mass is 35.5. The van der Waals surface area contributed by atoms with Crippen molar-refractivity contribution in [2.45, 2.75) is 19.4 Å². The van der Waals surface area contributed by atoms with Crippen molar-refractivity contribution < 1.29 is 9.90 Å². The first-order chi connectivity index (χ1) is 8.51. The van der Waals surface area contributed by atoms with Gasteiger partial charge in [0.15, 0.2) is 0 Å². The van der Waals surface area contributed by atoms with Gasteiger partial charge in [-0.15, -0.1) is 0 Å². The number of rotatable bonds is 5. The normalized spacial score (nSPS) is 12.2. The number of halogens is 1. The minimum atomic E-state index is -0.156. The van der Waals surface area contributed by atoms with Crippen molar-refractivity contribution >= 4 is 29.3 Å². The third-order valence-corrected chi connectivity index (χ3v) is 3.93. The van der Waals surface area contributed by atoms with E-state index in [4.69, 9.17) is 11.6 Å². The molecule has 0 heterocycles. The first kappa shape index (κ1) is 15.2. The quantitative estimate of drug-likeness (QED) is 0.904. The Hall–Kier alpha value is -0.870. The SMILES string of the molecule is CCC(CSC)N(C)C(=O)c1cc(O)ccc1Cl. The summed E-state index contributed by atoms with van der Waals surface area (Å²) in [6, 6.07) is 4.59. The molecule has 3 nitrogen and oxygen atoms in total. The van der Waals surface area contributed by atoms with Crippen LogP contribution in [0.3, 0.4) is 0 Å². The zero-order valence-corrected chi connectivity index (χ0v) is 12.4. The summed E-state index contributed by atoms with van der Waals surface area (Å²) in [5, 5.41) is 9.80. The summed E-state index contributed by atoms with van der Waals surface area (Å²) in [5.41, 5.74) is 0.346. The molecule has 0 radical (unpaired) electrons.